The average molecular weight is 547 g/mol. The summed E-state index contributed by atoms with van der Waals surface area (Å²) in [6, 6.07) is 20.3. The van der Waals surface area contributed by atoms with E-state index in [4.69, 9.17) is 11.0 Å². The van der Waals surface area contributed by atoms with E-state index >= 15 is 0 Å². The number of carbonyl (C=O) groups is 1. The van der Waals surface area contributed by atoms with Gasteiger partial charge in [0.25, 0.3) is 5.91 Å². The van der Waals surface area contributed by atoms with Gasteiger partial charge in [-0.2, -0.15) is 5.26 Å². The lowest BCUT2D eigenvalue weighted by atomic mass is 10.1. The number of nitrogens with one attached hydrogen (secondary N) is 1. The van der Waals surface area contributed by atoms with Crippen LogP contribution in [0.2, 0.25) is 0 Å². The maximum Gasteiger partial charge on any atom is 0.284 e. The zero-order valence-electron chi connectivity index (χ0n) is 20.7. The minimum Gasteiger partial charge on any atom is -0.399 e. The summed E-state index contributed by atoms with van der Waals surface area (Å²) in [6.45, 7) is 2.85. The smallest absolute Gasteiger partial charge is 0.284 e. The highest BCUT2D eigenvalue weighted by Gasteiger charge is 2.23. The summed E-state index contributed by atoms with van der Waals surface area (Å²) in [7, 11) is -3.94. The second-order valence-electron chi connectivity index (χ2n) is 8.67. The van der Waals surface area contributed by atoms with E-state index < -0.39 is 15.9 Å². The fraction of sp³-hybridized carbons (Fsp3) is 0.185. The minimum absolute atomic E-state index is 0.0699. The molecule has 0 atom stereocenters. The van der Waals surface area contributed by atoms with Crippen LogP contribution >= 0.6 is 11.3 Å². The van der Waals surface area contributed by atoms with E-state index in [0.29, 0.717) is 46.3 Å². The summed E-state index contributed by atoms with van der Waals surface area (Å²) in [4.78, 5) is 24.0. The molecule has 1 amide bonds. The van der Waals surface area contributed by atoms with Crippen molar-refractivity contribution in [2.45, 2.75) is 25.6 Å². The predicted octanol–water partition coefficient (Wildman–Crippen LogP) is 3.81. The van der Waals surface area contributed by atoms with Crippen LogP contribution in [0.25, 0.3) is 0 Å². The van der Waals surface area contributed by atoms with Gasteiger partial charge in [0.15, 0.2) is 5.13 Å². The first kappa shape index (κ1) is 26.8. The second kappa shape index (κ2) is 11.9. The molecule has 2 aromatic carbocycles. The van der Waals surface area contributed by atoms with Gasteiger partial charge in [-0.3, -0.25) is 9.78 Å². The number of hydrogen-bond donors (Lipinski definition) is 2. The molecular formula is C27H26N6O3S2. The Morgan fingerprint density at radius 1 is 1.08 bits per heavy atom. The zero-order chi connectivity index (χ0) is 27.1. The van der Waals surface area contributed by atoms with Gasteiger partial charge in [0.05, 0.1) is 17.4 Å². The Balaban J connectivity index is 1.53. The number of carbonyl (C=O) groups excluding carboxylic acids is 1. The molecule has 0 aliphatic rings. The highest BCUT2D eigenvalue weighted by Crippen LogP contribution is 2.28. The first-order valence-corrected chi connectivity index (χ1v) is 14.2. The Hall–Kier alpha value is -4.27. The fourth-order valence-electron chi connectivity index (χ4n) is 3.75. The third kappa shape index (κ3) is 7.15. The van der Waals surface area contributed by atoms with Gasteiger partial charge in [-0.15, -0.1) is 11.3 Å². The van der Waals surface area contributed by atoms with Gasteiger partial charge in [0.2, 0.25) is 10.0 Å². The first-order chi connectivity index (χ1) is 18.2. The summed E-state index contributed by atoms with van der Waals surface area (Å²) in [5.41, 5.74) is 9.70. The summed E-state index contributed by atoms with van der Waals surface area (Å²) < 4.78 is 27.3. The SMILES string of the molecule is Cc1sc(N(CCc2ccc(C#N)cc2)Cc2ccc(N)cc2)nc1C(=O)NS(=O)(=O)Cc1cccnc1. The summed E-state index contributed by atoms with van der Waals surface area (Å²) >= 11 is 1.33. The lowest BCUT2D eigenvalue weighted by Gasteiger charge is -2.22. The number of pyridine rings is 1. The highest BCUT2D eigenvalue weighted by molar-refractivity contribution is 7.89. The molecule has 3 N–H and O–H groups in total. The predicted molar refractivity (Wildman–Crippen MR) is 148 cm³/mol. The quantitative estimate of drug-likeness (QED) is 0.286. The van der Waals surface area contributed by atoms with Crippen LogP contribution < -0.4 is 15.4 Å². The molecule has 9 nitrogen and oxygen atoms in total. The fourth-order valence-corrected chi connectivity index (χ4v) is 5.74. The van der Waals surface area contributed by atoms with Gasteiger partial charge in [-0.1, -0.05) is 30.3 Å². The van der Waals surface area contributed by atoms with Crippen LogP contribution in [-0.4, -0.2) is 30.8 Å². The van der Waals surface area contributed by atoms with Gasteiger partial charge in [0, 0.05) is 36.0 Å². The van der Waals surface area contributed by atoms with Crippen LogP contribution in [-0.2, 0) is 28.7 Å². The standard InChI is InChI=1S/C27H26N6O3S2/c1-19-25(26(34)32-38(35,36)18-23-3-2-13-30-16-23)31-27(37-19)33(17-22-8-10-24(29)11-9-22)14-12-20-4-6-21(15-28)7-5-20/h2-11,13,16H,12,14,17-18,29H2,1H3,(H,32,34). The zero-order valence-corrected chi connectivity index (χ0v) is 22.3. The lowest BCUT2D eigenvalue weighted by Crippen LogP contribution is -2.32. The molecule has 0 saturated heterocycles. The van der Waals surface area contributed by atoms with Crippen molar-refractivity contribution in [3.63, 3.8) is 0 Å². The molecule has 0 bridgehead atoms. The Kier molecular flexibility index (Phi) is 8.35. The van der Waals surface area contributed by atoms with Crippen LogP contribution in [0.1, 0.15) is 37.6 Å². The average Bonchev–Trinajstić information content (AvgIpc) is 3.29. The van der Waals surface area contributed by atoms with Gasteiger partial charge in [-0.05, 0) is 60.4 Å². The molecule has 0 spiro atoms. The number of nitrogen functional groups attached to an aromatic ring is 1. The Labute approximate surface area is 225 Å². The minimum atomic E-state index is -3.94. The van der Waals surface area contributed by atoms with E-state index in [1.165, 1.54) is 17.5 Å². The van der Waals surface area contributed by atoms with Crippen molar-refractivity contribution in [1.29, 1.82) is 5.26 Å². The third-order valence-corrected chi connectivity index (χ3v) is 7.95. The molecule has 0 aliphatic carbocycles. The molecule has 0 aliphatic heterocycles. The number of amides is 1. The van der Waals surface area contributed by atoms with E-state index in [0.717, 1.165) is 11.1 Å². The number of anilines is 2. The van der Waals surface area contributed by atoms with Crippen LogP contribution in [0.4, 0.5) is 10.8 Å². The number of nitriles is 1. The van der Waals surface area contributed by atoms with Gasteiger partial charge >= 0.3 is 0 Å². The first-order valence-electron chi connectivity index (χ1n) is 11.7. The molecule has 11 heteroatoms. The number of sulfonamides is 1. The van der Waals surface area contributed by atoms with Gasteiger partial charge in [0.1, 0.15) is 5.69 Å². The molecule has 0 saturated carbocycles. The van der Waals surface area contributed by atoms with E-state index in [2.05, 4.69) is 20.8 Å². The maximum absolute atomic E-state index is 12.9. The van der Waals surface area contributed by atoms with E-state index in [9.17, 15) is 13.2 Å². The molecule has 2 heterocycles. The van der Waals surface area contributed by atoms with Crippen molar-refractivity contribution in [2.24, 2.45) is 0 Å². The third-order valence-electron chi connectivity index (χ3n) is 5.71. The molecule has 38 heavy (non-hydrogen) atoms. The van der Waals surface area contributed by atoms with Crippen molar-refractivity contribution < 1.29 is 13.2 Å². The van der Waals surface area contributed by atoms with Crippen molar-refractivity contribution in [2.75, 3.05) is 17.2 Å². The number of nitrogens with zero attached hydrogens (tertiary/aromatic N) is 4. The molecule has 4 rings (SSSR count). The number of aromatic nitrogens is 2. The molecule has 4 aromatic rings. The van der Waals surface area contributed by atoms with Crippen LogP contribution in [0.15, 0.2) is 73.1 Å². The Bertz CT molecular complexity index is 1550. The normalized spacial score (nSPS) is 11.1. The van der Waals surface area contributed by atoms with Crippen LogP contribution in [0.3, 0.4) is 0 Å². The van der Waals surface area contributed by atoms with Crippen LogP contribution in [0.5, 0.6) is 0 Å². The second-order valence-corrected chi connectivity index (χ2v) is 11.6. The molecule has 0 radical (unpaired) electrons. The number of rotatable bonds is 10. The summed E-state index contributed by atoms with van der Waals surface area (Å²) in [5.74, 6) is -1.13. The van der Waals surface area contributed by atoms with Crippen molar-refractivity contribution in [3.8, 4) is 6.07 Å². The molecule has 0 fully saturated rings. The van der Waals surface area contributed by atoms with Crippen molar-refractivity contribution >= 4 is 38.1 Å². The van der Waals surface area contributed by atoms with E-state index in [1.807, 2.05) is 41.3 Å². The van der Waals surface area contributed by atoms with Crippen molar-refractivity contribution in [1.82, 2.24) is 14.7 Å². The van der Waals surface area contributed by atoms with Crippen molar-refractivity contribution in [3.05, 3.63) is 106 Å². The van der Waals surface area contributed by atoms with Gasteiger partial charge in [-0.25, -0.2) is 18.1 Å². The lowest BCUT2D eigenvalue weighted by molar-refractivity contribution is 0.0976. The summed E-state index contributed by atoms with van der Waals surface area (Å²) in [6.07, 6.45) is 3.67. The van der Waals surface area contributed by atoms with E-state index in [1.54, 1.807) is 37.4 Å². The number of hydrogen-bond acceptors (Lipinski definition) is 9. The van der Waals surface area contributed by atoms with Crippen LogP contribution in [0, 0.1) is 18.3 Å². The largest absolute Gasteiger partial charge is 0.399 e. The monoisotopic (exact) mass is 546 g/mol. The topological polar surface area (TPSA) is 142 Å². The highest BCUT2D eigenvalue weighted by atomic mass is 32.2. The Morgan fingerprint density at radius 2 is 1.79 bits per heavy atom. The number of nitrogens with two attached hydrogens (primary N) is 1. The number of aryl methyl sites for hydroxylation is 1. The van der Waals surface area contributed by atoms with E-state index in [-0.39, 0.29) is 11.4 Å². The summed E-state index contributed by atoms with van der Waals surface area (Å²) in [5, 5.41) is 9.65. The van der Waals surface area contributed by atoms with Gasteiger partial charge < -0.3 is 10.6 Å². The molecular weight excluding hydrogens is 520 g/mol. The molecule has 0 unspecified atom stereocenters. The Morgan fingerprint density at radius 3 is 2.45 bits per heavy atom. The maximum atomic E-state index is 12.9. The molecule has 194 valence electrons. The molecule has 2 aromatic heterocycles. The number of benzene rings is 2. The number of thiazole rings is 1.